The van der Waals surface area contributed by atoms with Crippen LogP contribution in [-0.4, -0.2) is 43.0 Å². The summed E-state index contributed by atoms with van der Waals surface area (Å²) in [6, 6.07) is 0.812. The highest BCUT2D eigenvalue weighted by Crippen LogP contribution is 2.15. The van der Waals surface area contributed by atoms with Crippen LogP contribution in [0.2, 0.25) is 0 Å². The third kappa shape index (κ3) is 2.76. The Hall–Kier alpha value is -0.0800. The van der Waals surface area contributed by atoms with Gasteiger partial charge in [0.25, 0.3) is 0 Å². The molecule has 0 aromatic rings. The van der Waals surface area contributed by atoms with E-state index >= 15 is 0 Å². The van der Waals surface area contributed by atoms with E-state index in [1.807, 2.05) is 0 Å². The molecule has 0 aromatic carbocycles. The predicted molar refractivity (Wildman–Crippen MR) is 52.9 cm³/mol. The highest BCUT2D eigenvalue weighted by Gasteiger charge is 2.19. The molecule has 1 heterocycles. The van der Waals surface area contributed by atoms with Crippen molar-refractivity contribution in [2.45, 2.75) is 32.2 Å². The average Bonchev–Trinajstić information content (AvgIpc) is 2.06. The summed E-state index contributed by atoms with van der Waals surface area (Å²) in [4.78, 5) is 4.81. The van der Waals surface area contributed by atoms with Gasteiger partial charge in [-0.05, 0) is 46.4 Å². The lowest BCUT2D eigenvalue weighted by Gasteiger charge is -2.34. The molecular formula is C10H21N2. The Morgan fingerprint density at radius 2 is 1.92 bits per heavy atom. The van der Waals surface area contributed by atoms with Gasteiger partial charge in [0.05, 0.1) is 0 Å². The molecule has 1 aliphatic rings. The molecule has 2 nitrogen and oxygen atoms in total. The monoisotopic (exact) mass is 169 g/mol. The number of hydrogen-bond donors (Lipinski definition) is 0. The Morgan fingerprint density at radius 1 is 1.33 bits per heavy atom. The van der Waals surface area contributed by atoms with E-state index in [1.54, 1.807) is 0 Å². The number of nitrogens with zero attached hydrogens (tertiary/aromatic N) is 2. The molecule has 1 saturated heterocycles. The second kappa shape index (κ2) is 4.83. The fourth-order valence-corrected chi connectivity index (χ4v) is 1.84. The molecule has 0 aliphatic carbocycles. The van der Waals surface area contributed by atoms with Crippen LogP contribution in [-0.2, 0) is 0 Å². The molecule has 0 unspecified atom stereocenters. The molecule has 0 spiro atoms. The SMILES string of the molecule is CC[CH]N1CCC(N(C)C)CC1. The van der Waals surface area contributed by atoms with Gasteiger partial charge in [-0.3, -0.25) is 4.90 Å². The van der Waals surface area contributed by atoms with Crippen LogP contribution in [0.1, 0.15) is 26.2 Å². The highest BCUT2D eigenvalue weighted by atomic mass is 15.2. The van der Waals surface area contributed by atoms with Gasteiger partial charge in [-0.15, -0.1) is 0 Å². The molecule has 1 fully saturated rings. The molecule has 0 N–H and O–H groups in total. The van der Waals surface area contributed by atoms with Crippen LogP contribution in [0.5, 0.6) is 0 Å². The van der Waals surface area contributed by atoms with E-state index in [9.17, 15) is 0 Å². The van der Waals surface area contributed by atoms with Gasteiger partial charge in [-0.2, -0.15) is 0 Å². The van der Waals surface area contributed by atoms with Crippen molar-refractivity contribution < 1.29 is 0 Å². The summed E-state index contributed by atoms with van der Waals surface area (Å²) in [6.07, 6.45) is 3.82. The van der Waals surface area contributed by atoms with Crippen LogP contribution in [0.25, 0.3) is 0 Å². The van der Waals surface area contributed by atoms with Crippen molar-refractivity contribution in [2.75, 3.05) is 27.2 Å². The fourth-order valence-electron chi connectivity index (χ4n) is 1.84. The number of rotatable bonds is 3. The van der Waals surface area contributed by atoms with E-state index in [1.165, 1.54) is 32.4 Å². The Morgan fingerprint density at radius 3 is 2.33 bits per heavy atom. The molecule has 1 rings (SSSR count). The van der Waals surface area contributed by atoms with E-state index in [2.05, 4.69) is 37.4 Å². The van der Waals surface area contributed by atoms with E-state index in [0.717, 1.165) is 6.04 Å². The first-order chi connectivity index (χ1) is 5.74. The van der Waals surface area contributed by atoms with Gasteiger partial charge >= 0.3 is 0 Å². The first kappa shape index (κ1) is 10.0. The fraction of sp³-hybridized carbons (Fsp3) is 0.900. The molecule has 2 heteroatoms. The summed E-state index contributed by atoms with van der Waals surface area (Å²) in [5.41, 5.74) is 0. The van der Waals surface area contributed by atoms with Gasteiger partial charge in [-0.25, -0.2) is 0 Å². The smallest absolute Gasteiger partial charge is 0.0248 e. The van der Waals surface area contributed by atoms with Crippen LogP contribution in [0, 0.1) is 6.54 Å². The molecule has 0 bridgehead atoms. The summed E-state index contributed by atoms with van der Waals surface area (Å²) in [5.74, 6) is 0. The zero-order valence-corrected chi connectivity index (χ0v) is 8.58. The zero-order chi connectivity index (χ0) is 8.97. The summed E-state index contributed by atoms with van der Waals surface area (Å²) >= 11 is 0. The first-order valence-electron chi connectivity index (χ1n) is 4.98. The van der Waals surface area contributed by atoms with Gasteiger partial charge in [0.1, 0.15) is 0 Å². The van der Waals surface area contributed by atoms with Crippen LogP contribution in [0.4, 0.5) is 0 Å². The minimum Gasteiger partial charge on any atom is -0.306 e. The third-order valence-corrected chi connectivity index (χ3v) is 2.67. The predicted octanol–water partition coefficient (Wildman–Crippen LogP) is 1.58. The Kier molecular flexibility index (Phi) is 4.02. The molecule has 12 heavy (non-hydrogen) atoms. The third-order valence-electron chi connectivity index (χ3n) is 2.67. The second-order valence-corrected chi connectivity index (χ2v) is 3.82. The lowest BCUT2D eigenvalue weighted by molar-refractivity contribution is 0.165. The van der Waals surface area contributed by atoms with Crippen LogP contribution >= 0.6 is 0 Å². The number of likely N-dealkylation sites (tertiary alicyclic amines) is 1. The molecule has 71 valence electrons. The topological polar surface area (TPSA) is 6.48 Å². The van der Waals surface area contributed by atoms with Crippen molar-refractivity contribution in [3.63, 3.8) is 0 Å². The minimum absolute atomic E-state index is 0.812. The summed E-state index contributed by atoms with van der Waals surface area (Å²) in [5, 5.41) is 0. The molecule has 1 aliphatic heterocycles. The summed E-state index contributed by atoms with van der Waals surface area (Å²) < 4.78 is 0. The van der Waals surface area contributed by atoms with Crippen molar-refractivity contribution in [3.05, 3.63) is 6.54 Å². The average molecular weight is 169 g/mol. The van der Waals surface area contributed by atoms with Crippen LogP contribution in [0.15, 0.2) is 0 Å². The van der Waals surface area contributed by atoms with E-state index in [4.69, 9.17) is 0 Å². The maximum absolute atomic E-state index is 2.46. The number of piperidine rings is 1. The standard InChI is InChI=1S/C10H21N2/c1-4-7-12-8-5-10(6-9-12)11(2)3/h7,10H,4-6,8-9H2,1-3H3. The van der Waals surface area contributed by atoms with E-state index in [0.29, 0.717) is 0 Å². The lowest BCUT2D eigenvalue weighted by atomic mass is 10.0. The molecule has 0 amide bonds. The summed E-state index contributed by atoms with van der Waals surface area (Å²) in [7, 11) is 4.37. The van der Waals surface area contributed by atoms with E-state index in [-0.39, 0.29) is 0 Å². The highest BCUT2D eigenvalue weighted by molar-refractivity contribution is 4.79. The van der Waals surface area contributed by atoms with Crippen molar-refractivity contribution >= 4 is 0 Å². The minimum atomic E-state index is 0.812. The van der Waals surface area contributed by atoms with E-state index < -0.39 is 0 Å². The number of hydrogen-bond acceptors (Lipinski definition) is 2. The Bertz CT molecular complexity index is 115. The van der Waals surface area contributed by atoms with Crippen LogP contribution < -0.4 is 0 Å². The molecule has 0 atom stereocenters. The second-order valence-electron chi connectivity index (χ2n) is 3.82. The van der Waals surface area contributed by atoms with Crippen molar-refractivity contribution in [1.82, 2.24) is 9.80 Å². The normalized spacial score (nSPS) is 22.0. The summed E-state index contributed by atoms with van der Waals surface area (Å²) in [6.45, 7) is 7.03. The van der Waals surface area contributed by atoms with Gasteiger partial charge < -0.3 is 4.90 Å². The maximum Gasteiger partial charge on any atom is 0.0248 e. The Balaban J connectivity index is 2.20. The zero-order valence-electron chi connectivity index (χ0n) is 8.58. The lowest BCUT2D eigenvalue weighted by Crippen LogP contribution is -2.40. The molecule has 0 saturated carbocycles. The Labute approximate surface area is 76.5 Å². The van der Waals surface area contributed by atoms with Crippen molar-refractivity contribution in [1.29, 1.82) is 0 Å². The largest absolute Gasteiger partial charge is 0.306 e. The first-order valence-corrected chi connectivity index (χ1v) is 4.98. The van der Waals surface area contributed by atoms with Gasteiger partial charge in [0.2, 0.25) is 0 Å². The van der Waals surface area contributed by atoms with Gasteiger partial charge in [0, 0.05) is 12.6 Å². The quantitative estimate of drug-likeness (QED) is 0.633. The van der Waals surface area contributed by atoms with Crippen LogP contribution in [0.3, 0.4) is 0 Å². The van der Waals surface area contributed by atoms with Gasteiger partial charge in [-0.1, -0.05) is 6.92 Å². The molecule has 1 radical (unpaired) electrons. The van der Waals surface area contributed by atoms with Gasteiger partial charge in [0.15, 0.2) is 0 Å². The maximum atomic E-state index is 2.46. The van der Waals surface area contributed by atoms with Crippen molar-refractivity contribution in [3.8, 4) is 0 Å². The van der Waals surface area contributed by atoms with Crippen molar-refractivity contribution in [2.24, 2.45) is 0 Å². The molecule has 0 aromatic heterocycles. The molecular weight excluding hydrogens is 148 g/mol.